The topological polar surface area (TPSA) is 20.2 Å². The van der Waals surface area contributed by atoms with E-state index < -0.39 is 0 Å². The van der Waals surface area contributed by atoms with Gasteiger partial charge in [-0.15, -0.1) is 0 Å². The van der Waals surface area contributed by atoms with Gasteiger partial charge in [0, 0.05) is 0 Å². The lowest BCUT2D eigenvalue weighted by Crippen LogP contribution is -2.42. The summed E-state index contributed by atoms with van der Waals surface area (Å²) in [5.41, 5.74) is 3.96. The summed E-state index contributed by atoms with van der Waals surface area (Å²) in [5.74, 6) is 0.905. The van der Waals surface area contributed by atoms with Gasteiger partial charge in [-0.1, -0.05) is 113 Å². The molecule has 0 aliphatic rings. The van der Waals surface area contributed by atoms with Crippen molar-refractivity contribution < 1.29 is 5.11 Å². The maximum atomic E-state index is 10.1. The second kappa shape index (κ2) is 9.51. The van der Waals surface area contributed by atoms with Gasteiger partial charge >= 0.3 is 0 Å². The van der Waals surface area contributed by atoms with Crippen molar-refractivity contribution in [2.24, 2.45) is 5.92 Å². The summed E-state index contributed by atoms with van der Waals surface area (Å²) in [6, 6.07) is 29.6. The summed E-state index contributed by atoms with van der Waals surface area (Å²) in [6.07, 6.45) is 4.31. The Kier molecular flexibility index (Phi) is 7.02. The van der Waals surface area contributed by atoms with Crippen LogP contribution in [0.5, 0.6) is 5.75 Å². The number of benzene rings is 3. The van der Waals surface area contributed by atoms with E-state index in [9.17, 15) is 5.11 Å². The Morgan fingerprint density at radius 3 is 1.60 bits per heavy atom. The summed E-state index contributed by atoms with van der Waals surface area (Å²) in [7, 11) is 0. The average molecular weight is 401 g/mol. The first-order valence-electron chi connectivity index (χ1n) is 11.2. The highest BCUT2D eigenvalue weighted by molar-refractivity contribution is 5.32. The third-order valence-electron chi connectivity index (χ3n) is 6.96. The zero-order chi connectivity index (χ0) is 21.6. The molecule has 0 aromatic heterocycles. The second-order valence-corrected chi connectivity index (χ2v) is 9.60. The number of phenolic OH excluding ortho intramolecular Hbond substituents is 1. The molecule has 0 aliphatic heterocycles. The molecule has 0 heterocycles. The largest absolute Gasteiger partial charge is 0.508 e. The molecule has 3 aromatic rings. The smallest absolute Gasteiger partial charge is 0.118 e. The molecule has 30 heavy (non-hydrogen) atoms. The van der Waals surface area contributed by atoms with Crippen LogP contribution in [0, 0.1) is 5.92 Å². The number of hydrogen-bond acceptors (Lipinski definition) is 1. The van der Waals surface area contributed by atoms with Crippen molar-refractivity contribution in [3.63, 3.8) is 0 Å². The molecule has 1 heteroatoms. The van der Waals surface area contributed by atoms with Crippen LogP contribution in [-0.4, -0.2) is 5.11 Å². The van der Waals surface area contributed by atoms with E-state index in [1.54, 1.807) is 6.07 Å². The van der Waals surface area contributed by atoms with Crippen LogP contribution in [0.4, 0.5) is 0 Å². The molecule has 0 radical (unpaired) electrons. The average Bonchev–Trinajstić information content (AvgIpc) is 2.75. The van der Waals surface area contributed by atoms with Crippen molar-refractivity contribution in [1.29, 1.82) is 0 Å². The van der Waals surface area contributed by atoms with E-state index in [4.69, 9.17) is 0 Å². The monoisotopic (exact) mass is 400 g/mol. The predicted molar refractivity (Wildman–Crippen MR) is 128 cm³/mol. The van der Waals surface area contributed by atoms with E-state index in [1.807, 2.05) is 18.2 Å². The normalized spacial score (nSPS) is 12.3. The van der Waals surface area contributed by atoms with E-state index in [0.29, 0.717) is 11.7 Å². The molecule has 0 spiro atoms. The zero-order valence-electron chi connectivity index (χ0n) is 18.9. The number of aromatic hydroxyl groups is 1. The Bertz CT molecular complexity index is 858. The number of hydrogen-bond donors (Lipinski definition) is 1. The minimum absolute atomic E-state index is 0.0511. The quantitative estimate of drug-likeness (QED) is 0.365. The van der Waals surface area contributed by atoms with Gasteiger partial charge in [-0.05, 0) is 58.8 Å². The lowest BCUT2D eigenvalue weighted by Gasteiger charge is -2.46. The van der Waals surface area contributed by atoms with Gasteiger partial charge in [0.05, 0.1) is 0 Å². The Hall–Kier alpha value is -2.54. The first-order valence-corrected chi connectivity index (χ1v) is 11.2. The number of unbranched alkanes of at least 4 members (excludes halogenated alkanes) is 1. The van der Waals surface area contributed by atoms with E-state index in [2.05, 4.69) is 88.4 Å². The van der Waals surface area contributed by atoms with Crippen LogP contribution in [0.3, 0.4) is 0 Å². The van der Waals surface area contributed by atoms with Gasteiger partial charge in [0.1, 0.15) is 5.75 Å². The van der Waals surface area contributed by atoms with Gasteiger partial charge in [0.15, 0.2) is 0 Å². The second-order valence-electron chi connectivity index (χ2n) is 9.60. The summed E-state index contributed by atoms with van der Waals surface area (Å²) in [4.78, 5) is 0. The predicted octanol–water partition coefficient (Wildman–Crippen LogP) is 7.68. The van der Waals surface area contributed by atoms with Crippen molar-refractivity contribution in [3.8, 4) is 5.75 Å². The lowest BCUT2D eigenvalue weighted by atomic mass is 9.58. The molecule has 158 valence electrons. The molecule has 1 nitrogen and oxygen atoms in total. The van der Waals surface area contributed by atoms with Gasteiger partial charge in [-0.3, -0.25) is 0 Å². The maximum Gasteiger partial charge on any atom is 0.118 e. The third kappa shape index (κ3) is 4.95. The van der Waals surface area contributed by atoms with Crippen LogP contribution in [0.2, 0.25) is 0 Å². The first-order chi connectivity index (χ1) is 14.3. The van der Waals surface area contributed by atoms with Crippen LogP contribution in [-0.2, 0) is 17.3 Å². The van der Waals surface area contributed by atoms with E-state index in [0.717, 1.165) is 31.2 Å². The highest BCUT2D eigenvalue weighted by Crippen LogP contribution is 2.47. The SMILES string of the molecule is CC(C)(c1ccccc1)C(CCCCc1ccccc1O)C(C)(C)c1ccccc1. The van der Waals surface area contributed by atoms with Gasteiger partial charge < -0.3 is 5.11 Å². The van der Waals surface area contributed by atoms with Crippen LogP contribution in [0.1, 0.15) is 63.6 Å². The Labute approximate surface area is 182 Å². The van der Waals surface area contributed by atoms with Crippen molar-refractivity contribution in [2.45, 2.75) is 64.2 Å². The Morgan fingerprint density at radius 1 is 0.633 bits per heavy atom. The number of para-hydroxylation sites is 1. The van der Waals surface area contributed by atoms with Crippen LogP contribution in [0.15, 0.2) is 84.9 Å². The fourth-order valence-corrected chi connectivity index (χ4v) is 5.15. The first kappa shape index (κ1) is 22.2. The molecular formula is C29H36O. The van der Waals surface area contributed by atoms with E-state index in [-0.39, 0.29) is 10.8 Å². The molecule has 0 atom stereocenters. The van der Waals surface area contributed by atoms with Crippen LogP contribution in [0.25, 0.3) is 0 Å². The summed E-state index contributed by atoms with van der Waals surface area (Å²) in [5, 5.41) is 10.1. The highest BCUT2D eigenvalue weighted by Gasteiger charge is 2.41. The molecule has 0 saturated heterocycles. The van der Waals surface area contributed by atoms with E-state index in [1.165, 1.54) is 11.1 Å². The fraction of sp³-hybridized carbons (Fsp3) is 0.379. The summed E-state index contributed by atoms with van der Waals surface area (Å²) < 4.78 is 0. The van der Waals surface area contributed by atoms with Gasteiger partial charge in [0.25, 0.3) is 0 Å². The maximum absolute atomic E-state index is 10.1. The molecule has 0 bridgehead atoms. The molecule has 1 N–H and O–H groups in total. The highest BCUT2D eigenvalue weighted by atomic mass is 16.3. The van der Waals surface area contributed by atoms with Crippen LogP contribution < -0.4 is 0 Å². The molecule has 3 rings (SSSR count). The van der Waals surface area contributed by atoms with Crippen molar-refractivity contribution >= 4 is 0 Å². The number of phenols is 1. The van der Waals surface area contributed by atoms with Crippen LogP contribution >= 0.6 is 0 Å². The number of rotatable bonds is 9. The minimum Gasteiger partial charge on any atom is -0.508 e. The standard InChI is InChI=1S/C29H36O/c1-28(2,24-17-7-5-8-18-24)27(29(3,4)25-19-9-6-10-20-25)22-14-12-16-23-15-11-13-21-26(23)30/h5-11,13,15,17-21,27,30H,12,14,16,22H2,1-4H3. The van der Waals surface area contributed by atoms with Gasteiger partial charge in [-0.2, -0.15) is 0 Å². The van der Waals surface area contributed by atoms with Gasteiger partial charge in [-0.25, -0.2) is 0 Å². The minimum atomic E-state index is 0.0511. The molecular weight excluding hydrogens is 364 g/mol. The molecule has 0 amide bonds. The van der Waals surface area contributed by atoms with Crippen molar-refractivity contribution in [3.05, 3.63) is 102 Å². The summed E-state index contributed by atoms with van der Waals surface area (Å²) in [6.45, 7) is 9.61. The molecule has 3 aromatic carbocycles. The Morgan fingerprint density at radius 2 is 1.10 bits per heavy atom. The molecule has 0 unspecified atom stereocenters. The summed E-state index contributed by atoms with van der Waals surface area (Å²) >= 11 is 0. The number of aryl methyl sites for hydroxylation is 1. The lowest BCUT2D eigenvalue weighted by molar-refractivity contribution is 0.181. The van der Waals surface area contributed by atoms with Crippen molar-refractivity contribution in [2.75, 3.05) is 0 Å². The van der Waals surface area contributed by atoms with Gasteiger partial charge in [0.2, 0.25) is 0 Å². The zero-order valence-corrected chi connectivity index (χ0v) is 18.9. The van der Waals surface area contributed by atoms with Crippen molar-refractivity contribution in [1.82, 2.24) is 0 Å². The molecule has 0 fully saturated rings. The Balaban J connectivity index is 1.82. The fourth-order valence-electron chi connectivity index (χ4n) is 5.15. The molecule has 0 aliphatic carbocycles. The van der Waals surface area contributed by atoms with E-state index >= 15 is 0 Å². The molecule has 0 saturated carbocycles. The third-order valence-corrected chi connectivity index (χ3v) is 6.96.